The molecule has 1 aliphatic carbocycles. The summed E-state index contributed by atoms with van der Waals surface area (Å²) >= 11 is 5.99. The highest BCUT2D eigenvalue weighted by molar-refractivity contribution is 7.84. The van der Waals surface area contributed by atoms with Gasteiger partial charge in [0.25, 0.3) is 0 Å². The van der Waals surface area contributed by atoms with Crippen molar-refractivity contribution in [1.29, 1.82) is 0 Å². The Hall–Kier alpha value is -0.680. The zero-order valence-electron chi connectivity index (χ0n) is 10.6. The van der Waals surface area contributed by atoms with Crippen molar-refractivity contribution in [3.8, 4) is 0 Å². The summed E-state index contributed by atoms with van der Waals surface area (Å²) in [5, 5.41) is 3.78. The highest BCUT2D eigenvalue weighted by Gasteiger charge is 2.27. The lowest BCUT2D eigenvalue weighted by atomic mass is 10.2. The Labute approximate surface area is 115 Å². The van der Waals surface area contributed by atoms with Gasteiger partial charge in [-0.25, -0.2) is 9.97 Å². The van der Waals surface area contributed by atoms with E-state index in [1.165, 1.54) is 0 Å². The first-order chi connectivity index (χ1) is 8.54. The van der Waals surface area contributed by atoms with Gasteiger partial charge in [0.2, 0.25) is 0 Å². The van der Waals surface area contributed by atoms with E-state index < -0.39 is 10.8 Å². The number of hydrogen-bond donors (Lipinski definition) is 1. The Kier molecular flexibility index (Phi) is 4.56. The van der Waals surface area contributed by atoms with Crippen molar-refractivity contribution in [2.24, 2.45) is 0 Å². The molecule has 0 radical (unpaired) electrons. The molecule has 2 unspecified atom stereocenters. The van der Waals surface area contributed by atoms with E-state index >= 15 is 0 Å². The molecule has 1 aromatic rings. The second-order valence-corrected chi connectivity index (χ2v) is 6.76. The van der Waals surface area contributed by atoms with Crippen molar-refractivity contribution in [3.63, 3.8) is 0 Å². The third-order valence-corrected chi connectivity index (χ3v) is 3.89. The predicted molar refractivity (Wildman–Crippen MR) is 75.7 cm³/mol. The van der Waals surface area contributed by atoms with E-state index in [1.54, 1.807) is 12.3 Å². The summed E-state index contributed by atoms with van der Waals surface area (Å²) in [4.78, 5) is 8.72. The maximum Gasteiger partial charge on any atom is 0.135 e. The van der Waals surface area contributed by atoms with Crippen LogP contribution < -0.4 is 5.32 Å². The number of rotatable bonds is 6. The minimum absolute atomic E-state index is 0.229. The maximum absolute atomic E-state index is 11.0. The van der Waals surface area contributed by atoms with E-state index in [-0.39, 0.29) is 6.04 Å². The van der Waals surface area contributed by atoms with E-state index in [4.69, 9.17) is 11.6 Å². The molecule has 0 aliphatic heterocycles. The average Bonchev–Trinajstić information content (AvgIpc) is 3.09. The molecule has 6 heteroatoms. The Balaban J connectivity index is 1.97. The fraction of sp³-hybridized carbons (Fsp3) is 0.667. The molecule has 0 saturated heterocycles. The SMILES string of the molecule is CC(CCS(C)=O)Nc1cc(Cl)nc(C2CC2)n1. The second kappa shape index (κ2) is 5.97. The second-order valence-electron chi connectivity index (χ2n) is 4.82. The minimum atomic E-state index is -0.749. The number of nitrogens with one attached hydrogen (secondary N) is 1. The molecule has 1 aliphatic rings. The average molecular weight is 288 g/mol. The van der Waals surface area contributed by atoms with Crippen LogP contribution in [0.1, 0.15) is 37.9 Å². The summed E-state index contributed by atoms with van der Waals surface area (Å²) in [6, 6.07) is 1.97. The van der Waals surface area contributed by atoms with Crippen molar-refractivity contribution in [2.45, 2.75) is 38.1 Å². The van der Waals surface area contributed by atoms with E-state index in [9.17, 15) is 4.21 Å². The Bertz CT molecular complexity index is 451. The number of nitrogens with zero attached hydrogens (tertiary/aromatic N) is 2. The van der Waals surface area contributed by atoms with Gasteiger partial charge in [-0.05, 0) is 26.2 Å². The van der Waals surface area contributed by atoms with E-state index in [0.29, 0.717) is 16.8 Å². The first kappa shape index (κ1) is 13.7. The molecule has 18 heavy (non-hydrogen) atoms. The van der Waals surface area contributed by atoms with Crippen LogP contribution in [0, 0.1) is 0 Å². The first-order valence-electron chi connectivity index (χ1n) is 6.15. The highest BCUT2D eigenvalue weighted by atomic mass is 35.5. The summed E-state index contributed by atoms with van der Waals surface area (Å²) in [5.41, 5.74) is 0. The zero-order valence-corrected chi connectivity index (χ0v) is 12.2. The monoisotopic (exact) mass is 287 g/mol. The minimum Gasteiger partial charge on any atom is -0.367 e. The number of halogens is 1. The maximum atomic E-state index is 11.0. The molecular formula is C12H18ClN3OS. The number of hydrogen-bond acceptors (Lipinski definition) is 4. The van der Waals surface area contributed by atoms with Crippen LogP contribution in [0.5, 0.6) is 0 Å². The topological polar surface area (TPSA) is 54.9 Å². The highest BCUT2D eigenvalue weighted by Crippen LogP contribution is 2.38. The molecule has 1 saturated carbocycles. The van der Waals surface area contributed by atoms with Crippen molar-refractivity contribution in [1.82, 2.24) is 9.97 Å². The normalized spacial score (nSPS) is 18.4. The van der Waals surface area contributed by atoms with Gasteiger partial charge in [-0.15, -0.1) is 0 Å². The summed E-state index contributed by atoms with van der Waals surface area (Å²) < 4.78 is 11.0. The van der Waals surface area contributed by atoms with Crippen molar-refractivity contribution >= 4 is 28.2 Å². The molecule has 1 fully saturated rings. The van der Waals surface area contributed by atoms with Crippen LogP contribution in [-0.2, 0) is 10.8 Å². The Morgan fingerprint density at radius 1 is 1.56 bits per heavy atom. The molecule has 0 spiro atoms. The molecule has 4 nitrogen and oxygen atoms in total. The van der Waals surface area contributed by atoms with E-state index in [1.807, 2.05) is 0 Å². The van der Waals surface area contributed by atoms with Gasteiger partial charge in [-0.1, -0.05) is 11.6 Å². The molecule has 100 valence electrons. The van der Waals surface area contributed by atoms with Crippen LogP contribution in [0.15, 0.2) is 6.07 Å². The Morgan fingerprint density at radius 2 is 2.28 bits per heavy atom. The lowest BCUT2D eigenvalue weighted by Gasteiger charge is -2.14. The van der Waals surface area contributed by atoms with Crippen LogP contribution in [0.4, 0.5) is 5.82 Å². The molecule has 2 rings (SSSR count). The summed E-state index contributed by atoms with van der Waals surface area (Å²) in [6.07, 6.45) is 4.89. The van der Waals surface area contributed by atoms with Crippen LogP contribution >= 0.6 is 11.6 Å². The summed E-state index contributed by atoms with van der Waals surface area (Å²) in [5.74, 6) is 2.80. The summed E-state index contributed by atoms with van der Waals surface area (Å²) in [7, 11) is -0.749. The fourth-order valence-corrected chi connectivity index (χ4v) is 2.58. The van der Waals surface area contributed by atoms with Crippen molar-refractivity contribution < 1.29 is 4.21 Å². The lowest BCUT2D eigenvalue weighted by molar-refractivity contribution is 0.678. The summed E-state index contributed by atoms with van der Waals surface area (Å²) in [6.45, 7) is 2.06. The molecule has 0 aromatic carbocycles. The van der Waals surface area contributed by atoms with E-state index in [2.05, 4.69) is 22.2 Å². The number of aromatic nitrogens is 2. The number of anilines is 1. The van der Waals surface area contributed by atoms with Gasteiger partial charge in [0.1, 0.15) is 16.8 Å². The van der Waals surface area contributed by atoms with E-state index in [0.717, 1.165) is 30.9 Å². The lowest BCUT2D eigenvalue weighted by Crippen LogP contribution is -2.19. The smallest absolute Gasteiger partial charge is 0.135 e. The molecule has 2 atom stereocenters. The van der Waals surface area contributed by atoms with Gasteiger partial charge in [0.05, 0.1) is 0 Å². The first-order valence-corrected chi connectivity index (χ1v) is 8.26. The third-order valence-electron chi connectivity index (χ3n) is 2.89. The standard InChI is InChI=1S/C12H18ClN3OS/c1-8(5-6-18(2)17)14-11-7-10(13)15-12(16-11)9-3-4-9/h7-9H,3-6H2,1-2H3,(H,14,15,16). The quantitative estimate of drug-likeness (QED) is 0.817. The van der Waals surface area contributed by atoms with Gasteiger partial charge in [0.15, 0.2) is 0 Å². The molecule has 0 amide bonds. The largest absolute Gasteiger partial charge is 0.367 e. The van der Waals surface area contributed by atoms with Gasteiger partial charge in [0, 0.05) is 40.8 Å². The molecule has 1 aromatic heterocycles. The molecular weight excluding hydrogens is 270 g/mol. The molecule has 0 bridgehead atoms. The molecule has 1 heterocycles. The predicted octanol–water partition coefficient (Wildman–Crippen LogP) is 2.58. The van der Waals surface area contributed by atoms with Gasteiger partial charge in [-0.2, -0.15) is 0 Å². The third kappa shape index (κ3) is 4.21. The van der Waals surface area contributed by atoms with Gasteiger partial charge < -0.3 is 5.32 Å². The van der Waals surface area contributed by atoms with Gasteiger partial charge in [-0.3, -0.25) is 4.21 Å². The fourth-order valence-electron chi connectivity index (χ4n) is 1.70. The van der Waals surface area contributed by atoms with Crippen LogP contribution in [-0.4, -0.2) is 32.2 Å². The van der Waals surface area contributed by atoms with Crippen LogP contribution in [0.2, 0.25) is 5.15 Å². The molecule has 1 N–H and O–H groups in total. The van der Waals surface area contributed by atoms with Crippen molar-refractivity contribution in [2.75, 3.05) is 17.3 Å². The van der Waals surface area contributed by atoms with Crippen LogP contribution in [0.25, 0.3) is 0 Å². The van der Waals surface area contributed by atoms with Crippen LogP contribution in [0.3, 0.4) is 0 Å². The Morgan fingerprint density at radius 3 is 2.89 bits per heavy atom. The van der Waals surface area contributed by atoms with Gasteiger partial charge >= 0.3 is 0 Å². The zero-order chi connectivity index (χ0) is 13.1. The van der Waals surface area contributed by atoms with Crippen molar-refractivity contribution in [3.05, 3.63) is 17.0 Å².